The Morgan fingerprint density at radius 1 is 1.19 bits per heavy atom. The second-order valence-corrected chi connectivity index (χ2v) is 11.1. The second-order valence-electron chi connectivity index (χ2n) is 11.1. The van der Waals surface area contributed by atoms with Gasteiger partial charge in [-0.25, -0.2) is 0 Å². The molecule has 27 heavy (non-hydrogen) atoms. The van der Waals surface area contributed by atoms with Gasteiger partial charge in [-0.3, -0.25) is 0 Å². The number of aliphatic hydroxyl groups excluding tert-OH is 1. The third kappa shape index (κ3) is 3.15. The van der Waals surface area contributed by atoms with Crippen molar-refractivity contribution in [1.29, 1.82) is 0 Å². The number of Topliss-reactive ketones (excluding diaryl/α,β-unsaturated/α-hetero) is 1. The quantitative estimate of drug-likeness (QED) is 0.621. The molecule has 0 aliphatic heterocycles. The molecule has 0 heterocycles. The summed E-state index contributed by atoms with van der Waals surface area (Å²) in [5, 5.41) is 10.2. The van der Waals surface area contributed by atoms with Crippen LogP contribution in [0.3, 0.4) is 0 Å². The molecule has 0 spiro atoms. The zero-order chi connectivity index (χ0) is 19.4. The monoisotopic (exact) mass is 372 g/mol. The number of ketones is 1. The molecule has 8 atom stereocenters. The van der Waals surface area contributed by atoms with Crippen molar-refractivity contribution in [3.8, 4) is 0 Å². The molecule has 7 unspecified atom stereocenters. The Balaban J connectivity index is 1.54. The molecule has 0 saturated heterocycles. The fraction of sp³-hybridized carbons (Fsp3) is 0.880. The molecule has 4 rings (SSSR count). The molecule has 0 radical (unpaired) electrons. The van der Waals surface area contributed by atoms with Gasteiger partial charge in [0.15, 0.2) is 0 Å². The summed E-state index contributed by atoms with van der Waals surface area (Å²) >= 11 is 0. The first-order valence-electron chi connectivity index (χ1n) is 11.6. The minimum atomic E-state index is -0.104. The summed E-state index contributed by atoms with van der Waals surface area (Å²) in [4.78, 5) is 11.5. The number of hydrogen-bond acceptors (Lipinski definition) is 2. The van der Waals surface area contributed by atoms with E-state index in [1.165, 1.54) is 38.5 Å². The van der Waals surface area contributed by atoms with Crippen LogP contribution >= 0.6 is 0 Å². The summed E-state index contributed by atoms with van der Waals surface area (Å²) in [6.45, 7) is 9.27. The number of carbonyl (C=O) groups is 1. The first kappa shape index (κ1) is 19.7. The van der Waals surface area contributed by atoms with Gasteiger partial charge in [-0.1, -0.05) is 32.4 Å². The van der Waals surface area contributed by atoms with Crippen molar-refractivity contribution in [3.05, 3.63) is 11.6 Å². The molecular formula is C25H40O2. The normalized spacial score (nSPS) is 47.4. The number of aliphatic hydroxyl groups is 1. The molecule has 0 aromatic heterocycles. The van der Waals surface area contributed by atoms with Crippen LogP contribution in [0.4, 0.5) is 0 Å². The lowest BCUT2D eigenvalue weighted by Crippen LogP contribution is -2.50. The van der Waals surface area contributed by atoms with Gasteiger partial charge in [0.1, 0.15) is 5.78 Å². The van der Waals surface area contributed by atoms with E-state index in [4.69, 9.17) is 0 Å². The van der Waals surface area contributed by atoms with Crippen LogP contribution in [0.5, 0.6) is 0 Å². The van der Waals surface area contributed by atoms with Crippen LogP contribution in [0.25, 0.3) is 0 Å². The number of allylic oxidation sites excluding steroid dienone is 1. The van der Waals surface area contributed by atoms with E-state index in [-0.39, 0.29) is 6.10 Å². The lowest BCUT2D eigenvalue weighted by Gasteiger charge is -2.58. The molecule has 4 aliphatic carbocycles. The van der Waals surface area contributed by atoms with Crippen LogP contribution in [0, 0.1) is 40.4 Å². The summed E-state index contributed by atoms with van der Waals surface area (Å²) in [5.41, 5.74) is 2.41. The highest BCUT2D eigenvalue weighted by Crippen LogP contribution is 2.67. The van der Waals surface area contributed by atoms with E-state index in [2.05, 4.69) is 26.8 Å². The summed E-state index contributed by atoms with van der Waals surface area (Å²) in [5.74, 6) is 4.36. The lowest BCUT2D eigenvalue weighted by molar-refractivity contribution is -0.117. The van der Waals surface area contributed by atoms with Crippen molar-refractivity contribution < 1.29 is 9.90 Å². The molecular weight excluding hydrogens is 332 g/mol. The largest absolute Gasteiger partial charge is 0.393 e. The summed E-state index contributed by atoms with van der Waals surface area (Å²) < 4.78 is 0. The van der Waals surface area contributed by atoms with Crippen LogP contribution < -0.4 is 0 Å². The standard InChI is InChI=1S/C25H40O2/c1-16(5-6-17(2)26)21-9-10-22-20-8-7-18-15-19(27)11-13-24(18,3)23(20)12-14-25(21,22)4/h7,16,19-23,27H,5-6,8-15H2,1-4H3/t16?,19-,20?,21?,22?,23?,24?,25?/m0/s1. The molecule has 2 nitrogen and oxygen atoms in total. The van der Waals surface area contributed by atoms with Crippen LogP contribution in [0.15, 0.2) is 11.6 Å². The Morgan fingerprint density at radius 2 is 1.96 bits per heavy atom. The molecule has 4 aliphatic rings. The van der Waals surface area contributed by atoms with Gasteiger partial charge in [-0.2, -0.15) is 0 Å². The van der Waals surface area contributed by atoms with E-state index in [1.807, 2.05) is 0 Å². The molecule has 3 fully saturated rings. The molecule has 0 aromatic rings. The van der Waals surface area contributed by atoms with Gasteiger partial charge < -0.3 is 9.90 Å². The molecule has 0 aromatic carbocycles. The minimum Gasteiger partial charge on any atom is -0.393 e. The predicted octanol–water partition coefficient (Wildman–Crippen LogP) is 5.93. The number of hydrogen-bond donors (Lipinski definition) is 1. The van der Waals surface area contributed by atoms with Gasteiger partial charge in [-0.05, 0) is 105 Å². The number of rotatable bonds is 4. The van der Waals surface area contributed by atoms with E-state index in [0.717, 1.165) is 49.4 Å². The van der Waals surface area contributed by atoms with Crippen molar-refractivity contribution in [3.63, 3.8) is 0 Å². The third-order valence-electron chi connectivity index (χ3n) is 9.79. The van der Waals surface area contributed by atoms with Crippen molar-refractivity contribution in [2.24, 2.45) is 40.4 Å². The highest BCUT2D eigenvalue weighted by atomic mass is 16.3. The zero-order valence-electron chi connectivity index (χ0n) is 18.0. The number of carbonyl (C=O) groups excluding carboxylic acids is 1. The predicted molar refractivity (Wildman–Crippen MR) is 110 cm³/mol. The van der Waals surface area contributed by atoms with Gasteiger partial charge in [-0.15, -0.1) is 0 Å². The molecule has 2 heteroatoms. The van der Waals surface area contributed by atoms with E-state index < -0.39 is 0 Å². The maximum atomic E-state index is 11.5. The van der Waals surface area contributed by atoms with Crippen LogP contribution in [0.1, 0.15) is 91.9 Å². The average Bonchev–Trinajstić information content (AvgIpc) is 2.97. The van der Waals surface area contributed by atoms with E-state index >= 15 is 0 Å². The maximum absolute atomic E-state index is 11.5. The highest BCUT2D eigenvalue weighted by molar-refractivity contribution is 5.75. The average molecular weight is 373 g/mol. The molecule has 0 bridgehead atoms. The Bertz CT molecular complexity index is 622. The minimum absolute atomic E-state index is 0.104. The Labute approximate surface area is 166 Å². The van der Waals surface area contributed by atoms with Gasteiger partial charge >= 0.3 is 0 Å². The highest BCUT2D eigenvalue weighted by Gasteiger charge is 2.59. The fourth-order valence-corrected chi connectivity index (χ4v) is 8.25. The summed E-state index contributed by atoms with van der Waals surface area (Å²) in [6, 6.07) is 0. The SMILES string of the molecule is CC(=O)CCC(C)C1CCC2C3CC=C4C[C@@H](O)CCC4(C)C3CCC12C. The lowest BCUT2D eigenvalue weighted by atomic mass is 9.47. The van der Waals surface area contributed by atoms with E-state index in [9.17, 15) is 9.90 Å². The van der Waals surface area contributed by atoms with Gasteiger partial charge in [0.2, 0.25) is 0 Å². The number of fused-ring (bicyclic) bond motifs is 5. The second kappa shape index (κ2) is 7.01. The Hall–Kier alpha value is -0.630. The Morgan fingerprint density at radius 3 is 2.70 bits per heavy atom. The van der Waals surface area contributed by atoms with E-state index in [0.29, 0.717) is 22.5 Å². The van der Waals surface area contributed by atoms with E-state index in [1.54, 1.807) is 12.5 Å². The van der Waals surface area contributed by atoms with Crippen molar-refractivity contribution in [1.82, 2.24) is 0 Å². The molecule has 0 amide bonds. The first-order valence-corrected chi connectivity index (χ1v) is 11.6. The topological polar surface area (TPSA) is 37.3 Å². The fourth-order valence-electron chi connectivity index (χ4n) is 8.25. The molecule has 152 valence electrons. The van der Waals surface area contributed by atoms with Gasteiger partial charge in [0.05, 0.1) is 6.10 Å². The van der Waals surface area contributed by atoms with Gasteiger partial charge in [0.25, 0.3) is 0 Å². The molecule has 1 N–H and O–H groups in total. The third-order valence-corrected chi connectivity index (χ3v) is 9.79. The smallest absolute Gasteiger partial charge is 0.129 e. The van der Waals surface area contributed by atoms with Crippen LogP contribution in [0.2, 0.25) is 0 Å². The van der Waals surface area contributed by atoms with Crippen LogP contribution in [-0.2, 0) is 4.79 Å². The maximum Gasteiger partial charge on any atom is 0.129 e. The Kier molecular flexibility index (Phi) is 5.11. The van der Waals surface area contributed by atoms with Crippen LogP contribution in [-0.4, -0.2) is 17.0 Å². The zero-order valence-corrected chi connectivity index (χ0v) is 18.0. The molecule has 3 saturated carbocycles. The van der Waals surface area contributed by atoms with Crippen molar-refractivity contribution in [2.45, 2.75) is 98.0 Å². The summed E-state index contributed by atoms with van der Waals surface area (Å²) in [7, 11) is 0. The van der Waals surface area contributed by atoms with Crippen molar-refractivity contribution >= 4 is 5.78 Å². The summed E-state index contributed by atoms with van der Waals surface area (Å²) in [6.07, 6.45) is 14.1. The van der Waals surface area contributed by atoms with Crippen molar-refractivity contribution in [2.75, 3.05) is 0 Å². The van der Waals surface area contributed by atoms with Gasteiger partial charge in [0, 0.05) is 6.42 Å². The first-order chi connectivity index (χ1) is 12.8.